The zero-order chi connectivity index (χ0) is 22.6. The molecule has 0 aromatic heterocycles. The third-order valence-corrected chi connectivity index (χ3v) is 5.37. The molecule has 1 aromatic rings. The van der Waals surface area contributed by atoms with E-state index in [1.54, 1.807) is 0 Å². The lowest BCUT2D eigenvalue weighted by Crippen LogP contribution is -2.42. The fourth-order valence-corrected chi connectivity index (χ4v) is 3.71. The zero-order valence-electron chi connectivity index (χ0n) is 20.3. The number of likely N-dealkylation sites (N-methyl/N-ethyl adjacent to an activating group) is 1. The van der Waals surface area contributed by atoms with Crippen molar-refractivity contribution in [2.24, 2.45) is 4.99 Å². The van der Waals surface area contributed by atoms with Crippen LogP contribution in [0.5, 0.6) is 5.75 Å². The highest BCUT2D eigenvalue weighted by Gasteiger charge is 2.17. The van der Waals surface area contributed by atoms with Crippen LogP contribution in [0, 0.1) is 0 Å². The summed E-state index contributed by atoms with van der Waals surface area (Å²) in [5, 5.41) is 6.82. The van der Waals surface area contributed by atoms with Crippen LogP contribution in [0.25, 0.3) is 0 Å². The zero-order valence-corrected chi connectivity index (χ0v) is 22.6. The Balaban J connectivity index is 0.00000385. The third-order valence-electron chi connectivity index (χ3n) is 5.37. The minimum Gasteiger partial charge on any atom is -0.491 e. The standard InChI is InChI=1S/C24H40N4O4.HI/c1-19(2)32-21-9-7-20(8-10-21)27-24(26-16-23-17-28(3)12-15-31-23)25-11-5-13-29-18-22-6-4-14-30-22;/h7-10,19,22-23H,4-6,11-18H2,1-3H3,(H2,25,26,27);1H. The Bertz CT molecular complexity index is 684. The number of ether oxygens (including phenoxy) is 4. The van der Waals surface area contributed by atoms with Crippen LogP contribution in [0.3, 0.4) is 0 Å². The third kappa shape index (κ3) is 11.2. The van der Waals surface area contributed by atoms with Crippen molar-refractivity contribution in [1.82, 2.24) is 10.2 Å². The highest BCUT2D eigenvalue weighted by Crippen LogP contribution is 2.17. The van der Waals surface area contributed by atoms with Gasteiger partial charge < -0.3 is 34.5 Å². The maximum Gasteiger partial charge on any atom is 0.195 e. The first kappa shape index (κ1) is 28.1. The lowest BCUT2D eigenvalue weighted by Gasteiger charge is -2.29. The van der Waals surface area contributed by atoms with E-state index in [1.807, 2.05) is 38.1 Å². The van der Waals surface area contributed by atoms with Crippen molar-refractivity contribution in [2.45, 2.75) is 51.4 Å². The number of aliphatic imine (C=N–C) groups is 1. The number of halogens is 1. The number of nitrogens with zero attached hydrogens (tertiary/aromatic N) is 2. The molecule has 2 unspecified atom stereocenters. The summed E-state index contributed by atoms with van der Waals surface area (Å²) < 4.78 is 22.9. The van der Waals surface area contributed by atoms with Crippen molar-refractivity contribution in [3.8, 4) is 5.75 Å². The SMILES string of the molecule is CC(C)Oc1ccc(NC(=NCC2CN(C)CCO2)NCCCOCC2CCCO2)cc1.I. The van der Waals surface area contributed by atoms with Crippen LogP contribution < -0.4 is 15.4 Å². The minimum absolute atomic E-state index is 0. The van der Waals surface area contributed by atoms with Gasteiger partial charge in [-0.25, -0.2) is 0 Å². The molecule has 0 radical (unpaired) electrons. The summed E-state index contributed by atoms with van der Waals surface area (Å²) in [7, 11) is 2.12. The molecule has 2 aliphatic heterocycles. The first-order chi connectivity index (χ1) is 15.6. The van der Waals surface area contributed by atoms with Crippen molar-refractivity contribution >= 4 is 35.6 Å². The van der Waals surface area contributed by atoms with Crippen LogP contribution in [0.4, 0.5) is 5.69 Å². The van der Waals surface area contributed by atoms with Crippen LogP contribution in [-0.2, 0) is 14.2 Å². The molecule has 2 heterocycles. The van der Waals surface area contributed by atoms with E-state index in [-0.39, 0.29) is 42.3 Å². The van der Waals surface area contributed by atoms with Gasteiger partial charge in [0.25, 0.3) is 0 Å². The Kier molecular flexibility index (Phi) is 13.4. The van der Waals surface area contributed by atoms with Crippen molar-refractivity contribution in [3.63, 3.8) is 0 Å². The summed E-state index contributed by atoms with van der Waals surface area (Å²) in [6.07, 6.45) is 3.70. The number of benzene rings is 1. The molecule has 1 aromatic carbocycles. The topological polar surface area (TPSA) is 76.6 Å². The molecule has 0 amide bonds. The molecule has 0 saturated carbocycles. The molecule has 33 heavy (non-hydrogen) atoms. The number of morpholine rings is 1. The summed E-state index contributed by atoms with van der Waals surface area (Å²) in [6.45, 7) is 10.3. The average molecular weight is 577 g/mol. The van der Waals surface area contributed by atoms with Crippen molar-refractivity contribution in [2.75, 3.05) is 65.0 Å². The molecule has 0 aliphatic carbocycles. The first-order valence-corrected chi connectivity index (χ1v) is 11.9. The first-order valence-electron chi connectivity index (χ1n) is 11.9. The van der Waals surface area contributed by atoms with E-state index in [9.17, 15) is 0 Å². The molecule has 0 spiro atoms. The molecule has 2 N–H and O–H groups in total. The molecule has 8 nitrogen and oxygen atoms in total. The minimum atomic E-state index is 0. The molecule has 2 fully saturated rings. The van der Waals surface area contributed by atoms with Gasteiger partial charge in [-0.15, -0.1) is 24.0 Å². The fourth-order valence-electron chi connectivity index (χ4n) is 3.71. The Morgan fingerprint density at radius 2 is 1.97 bits per heavy atom. The van der Waals surface area contributed by atoms with Gasteiger partial charge in [-0.3, -0.25) is 4.99 Å². The smallest absolute Gasteiger partial charge is 0.195 e. The highest BCUT2D eigenvalue weighted by molar-refractivity contribution is 14.0. The van der Waals surface area contributed by atoms with Gasteiger partial charge in [0.2, 0.25) is 0 Å². The normalized spacial score (nSPS) is 21.6. The van der Waals surface area contributed by atoms with E-state index in [4.69, 9.17) is 23.9 Å². The predicted octanol–water partition coefficient (Wildman–Crippen LogP) is 3.37. The monoisotopic (exact) mass is 576 g/mol. The lowest BCUT2D eigenvalue weighted by molar-refractivity contribution is -0.0136. The number of hydrogen-bond donors (Lipinski definition) is 2. The van der Waals surface area contributed by atoms with Gasteiger partial charge in [0.05, 0.1) is 38.1 Å². The van der Waals surface area contributed by atoms with Crippen molar-refractivity contribution in [3.05, 3.63) is 24.3 Å². The number of anilines is 1. The number of nitrogens with one attached hydrogen (secondary N) is 2. The summed E-state index contributed by atoms with van der Waals surface area (Å²) in [6, 6.07) is 7.95. The maximum atomic E-state index is 5.86. The molecular formula is C24H41IN4O4. The predicted molar refractivity (Wildman–Crippen MR) is 143 cm³/mol. The molecule has 2 atom stereocenters. The maximum absolute atomic E-state index is 5.86. The van der Waals surface area contributed by atoms with Gasteiger partial charge in [0, 0.05) is 38.5 Å². The number of guanidine groups is 1. The molecular weight excluding hydrogens is 535 g/mol. The van der Waals surface area contributed by atoms with Gasteiger partial charge >= 0.3 is 0 Å². The lowest BCUT2D eigenvalue weighted by atomic mass is 10.2. The fraction of sp³-hybridized carbons (Fsp3) is 0.708. The Labute approximate surface area is 215 Å². The van der Waals surface area contributed by atoms with Crippen LogP contribution in [-0.4, -0.2) is 88.8 Å². The second kappa shape index (κ2) is 15.7. The molecule has 0 bridgehead atoms. The van der Waals surface area contributed by atoms with Gasteiger partial charge in [0.15, 0.2) is 5.96 Å². The molecule has 3 rings (SSSR count). The summed E-state index contributed by atoms with van der Waals surface area (Å²) in [4.78, 5) is 7.06. The molecule has 2 saturated heterocycles. The molecule has 2 aliphatic rings. The summed E-state index contributed by atoms with van der Waals surface area (Å²) in [5.74, 6) is 1.61. The Hall–Kier alpha value is -1.14. The van der Waals surface area contributed by atoms with Crippen LogP contribution >= 0.6 is 24.0 Å². The van der Waals surface area contributed by atoms with Gasteiger partial charge in [-0.2, -0.15) is 0 Å². The summed E-state index contributed by atoms with van der Waals surface area (Å²) in [5.41, 5.74) is 0.962. The van der Waals surface area contributed by atoms with Crippen LogP contribution in [0.1, 0.15) is 33.1 Å². The van der Waals surface area contributed by atoms with Gasteiger partial charge in [0.1, 0.15) is 5.75 Å². The Morgan fingerprint density at radius 3 is 2.67 bits per heavy atom. The highest BCUT2D eigenvalue weighted by atomic mass is 127. The van der Waals surface area contributed by atoms with E-state index in [1.165, 1.54) is 0 Å². The van der Waals surface area contributed by atoms with E-state index >= 15 is 0 Å². The second-order valence-corrected chi connectivity index (χ2v) is 8.75. The number of rotatable bonds is 11. The van der Waals surface area contributed by atoms with E-state index in [0.717, 1.165) is 69.5 Å². The van der Waals surface area contributed by atoms with Crippen LogP contribution in [0.15, 0.2) is 29.3 Å². The van der Waals surface area contributed by atoms with Crippen LogP contribution in [0.2, 0.25) is 0 Å². The molecule has 9 heteroatoms. The van der Waals surface area contributed by atoms with Gasteiger partial charge in [-0.1, -0.05) is 0 Å². The van der Waals surface area contributed by atoms with Crippen molar-refractivity contribution < 1.29 is 18.9 Å². The molecule has 188 valence electrons. The Morgan fingerprint density at radius 1 is 1.18 bits per heavy atom. The second-order valence-electron chi connectivity index (χ2n) is 8.75. The van der Waals surface area contributed by atoms with Crippen molar-refractivity contribution in [1.29, 1.82) is 0 Å². The van der Waals surface area contributed by atoms with E-state index in [2.05, 4.69) is 22.6 Å². The average Bonchev–Trinajstić information content (AvgIpc) is 3.29. The van der Waals surface area contributed by atoms with Gasteiger partial charge in [-0.05, 0) is 64.4 Å². The van der Waals surface area contributed by atoms with E-state index < -0.39 is 0 Å². The largest absolute Gasteiger partial charge is 0.491 e. The summed E-state index contributed by atoms with van der Waals surface area (Å²) >= 11 is 0. The van der Waals surface area contributed by atoms with E-state index in [0.29, 0.717) is 19.8 Å². The quantitative estimate of drug-likeness (QED) is 0.181. The number of hydrogen-bond acceptors (Lipinski definition) is 6.